The topological polar surface area (TPSA) is 70.1 Å². The summed E-state index contributed by atoms with van der Waals surface area (Å²) in [7, 11) is 1.86. The Morgan fingerprint density at radius 1 is 1.21 bits per heavy atom. The van der Waals surface area contributed by atoms with Crippen molar-refractivity contribution in [3.63, 3.8) is 0 Å². The van der Waals surface area contributed by atoms with Gasteiger partial charge < -0.3 is 15.7 Å². The summed E-state index contributed by atoms with van der Waals surface area (Å²) in [5.41, 5.74) is 0.498. The molecule has 0 aliphatic heterocycles. The van der Waals surface area contributed by atoms with Crippen molar-refractivity contribution in [3.05, 3.63) is 11.9 Å². The lowest BCUT2D eigenvalue weighted by Crippen LogP contribution is -2.39. The van der Waals surface area contributed by atoms with Crippen molar-refractivity contribution >= 4 is 11.6 Å². The molecule has 0 aromatic carbocycles. The first-order chi connectivity index (χ1) is 9.18. The van der Waals surface area contributed by atoms with Gasteiger partial charge >= 0.3 is 0 Å². The summed E-state index contributed by atoms with van der Waals surface area (Å²) in [5, 5.41) is 16.9. The highest BCUT2D eigenvalue weighted by atomic mass is 16.3. The summed E-state index contributed by atoms with van der Waals surface area (Å²) < 4.78 is 0. The summed E-state index contributed by atoms with van der Waals surface area (Å²) >= 11 is 0. The second kappa shape index (κ2) is 6.19. The predicted molar refractivity (Wildman–Crippen MR) is 77.5 cm³/mol. The fourth-order valence-electron chi connectivity index (χ4n) is 2.75. The predicted octanol–water partition coefficient (Wildman–Crippen LogP) is 2.19. The molecule has 0 radical (unpaired) electrons. The highest BCUT2D eigenvalue weighted by Crippen LogP contribution is 2.29. The maximum absolute atomic E-state index is 10.5. The summed E-state index contributed by atoms with van der Waals surface area (Å²) in [6.07, 6.45) is 7.64. The molecule has 19 heavy (non-hydrogen) atoms. The van der Waals surface area contributed by atoms with Crippen LogP contribution in [0.2, 0.25) is 0 Å². The van der Waals surface area contributed by atoms with Gasteiger partial charge in [-0.2, -0.15) is 0 Å². The zero-order valence-corrected chi connectivity index (χ0v) is 11.9. The van der Waals surface area contributed by atoms with Crippen molar-refractivity contribution in [1.82, 2.24) is 9.97 Å². The SMILES string of the molecule is CCc1c(NC)ncnc1NCC1(O)CCCCC1. The molecule has 2 rings (SSSR count). The minimum Gasteiger partial charge on any atom is -0.388 e. The zero-order valence-electron chi connectivity index (χ0n) is 11.9. The van der Waals surface area contributed by atoms with Crippen molar-refractivity contribution in [3.8, 4) is 0 Å². The molecule has 1 fully saturated rings. The van der Waals surface area contributed by atoms with Crippen molar-refractivity contribution in [2.75, 3.05) is 24.2 Å². The monoisotopic (exact) mass is 264 g/mol. The molecule has 5 heteroatoms. The van der Waals surface area contributed by atoms with Crippen LogP contribution in [0.4, 0.5) is 11.6 Å². The minimum atomic E-state index is -0.575. The van der Waals surface area contributed by atoms with E-state index in [0.29, 0.717) is 6.54 Å². The first-order valence-electron chi connectivity index (χ1n) is 7.16. The van der Waals surface area contributed by atoms with E-state index in [1.807, 2.05) is 7.05 Å². The van der Waals surface area contributed by atoms with Crippen LogP contribution in [0.25, 0.3) is 0 Å². The molecule has 1 heterocycles. The summed E-state index contributed by atoms with van der Waals surface area (Å²) in [6, 6.07) is 0. The summed E-state index contributed by atoms with van der Waals surface area (Å²) in [4.78, 5) is 8.52. The second-order valence-electron chi connectivity index (χ2n) is 5.29. The van der Waals surface area contributed by atoms with Gasteiger partial charge in [0.15, 0.2) is 0 Å². The van der Waals surface area contributed by atoms with Crippen molar-refractivity contribution in [1.29, 1.82) is 0 Å². The van der Waals surface area contributed by atoms with E-state index in [1.54, 1.807) is 6.33 Å². The van der Waals surface area contributed by atoms with E-state index in [1.165, 1.54) is 6.42 Å². The fraction of sp³-hybridized carbons (Fsp3) is 0.714. The van der Waals surface area contributed by atoms with Gasteiger partial charge in [0, 0.05) is 19.2 Å². The van der Waals surface area contributed by atoms with Gasteiger partial charge in [0.05, 0.1) is 5.60 Å². The molecule has 106 valence electrons. The van der Waals surface area contributed by atoms with E-state index in [0.717, 1.165) is 49.3 Å². The Labute approximate surface area is 114 Å². The summed E-state index contributed by atoms with van der Waals surface area (Å²) in [6.45, 7) is 2.65. The molecule has 0 atom stereocenters. The Bertz CT molecular complexity index is 416. The largest absolute Gasteiger partial charge is 0.388 e. The number of nitrogens with zero attached hydrogens (tertiary/aromatic N) is 2. The molecule has 0 unspecified atom stereocenters. The Morgan fingerprint density at radius 3 is 2.53 bits per heavy atom. The van der Waals surface area contributed by atoms with Gasteiger partial charge in [0.2, 0.25) is 0 Å². The normalized spacial score (nSPS) is 18.1. The van der Waals surface area contributed by atoms with Crippen LogP contribution in [0.5, 0.6) is 0 Å². The average molecular weight is 264 g/mol. The minimum absolute atomic E-state index is 0.570. The molecule has 1 saturated carbocycles. The molecule has 0 bridgehead atoms. The lowest BCUT2D eigenvalue weighted by atomic mass is 9.85. The maximum atomic E-state index is 10.5. The number of anilines is 2. The number of hydrogen-bond acceptors (Lipinski definition) is 5. The molecule has 5 nitrogen and oxygen atoms in total. The Kier molecular flexibility index (Phi) is 4.58. The van der Waals surface area contributed by atoms with Crippen LogP contribution >= 0.6 is 0 Å². The molecule has 0 spiro atoms. The molecule has 1 aliphatic rings. The summed E-state index contributed by atoms with van der Waals surface area (Å²) in [5.74, 6) is 1.69. The van der Waals surface area contributed by atoms with Crippen molar-refractivity contribution < 1.29 is 5.11 Å². The highest BCUT2D eigenvalue weighted by Gasteiger charge is 2.29. The van der Waals surface area contributed by atoms with Gasteiger partial charge in [-0.15, -0.1) is 0 Å². The van der Waals surface area contributed by atoms with E-state index in [4.69, 9.17) is 0 Å². The zero-order chi connectivity index (χ0) is 13.7. The molecule has 0 saturated heterocycles. The maximum Gasteiger partial charge on any atom is 0.134 e. The van der Waals surface area contributed by atoms with E-state index >= 15 is 0 Å². The number of aliphatic hydroxyl groups is 1. The first kappa shape index (κ1) is 14.1. The Balaban J connectivity index is 2.06. The first-order valence-corrected chi connectivity index (χ1v) is 7.16. The van der Waals surface area contributed by atoms with Crippen LogP contribution < -0.4 is 10.6 Å². The van der Waals surface area contributed by atoms with Crippen LogP contribution in [-0.2, 0) is 6.42 Å². The third-order valence-electron chi connectivity index (χ3n) is 3.90. The standard InChI is InChI=1S/C14H24N4O/c1-3-11-12(15-2)17-10-18-13(11)16-9-14(19)7-5-4-6-8-14/h10,19H,3-9H2,1-2H3,(H2,15,16,17,18). The molecule has 3 N–H and O–H groups in total. The van der Waals surface area contributed by atoms with Gasteiger partial charge in [0.25, 0.3) is 0 Å². The lowest BCUT2D eigenvalue weighted by molar-refractivity contribution is 0.0166. The molecular weight excluding hydrogens is 240 g/mol. The third-order valence-corrected chi connectivity index (χ3v) is 3.90. The van der Waals surface area contributed by atoms with E-state index in [9.17, 15) is 5.11 Å². The molecule has 0 amide bonds. The van der Waals surface area contributed by atoms with E-state index in [-0.39, 0.29) is 0 Å². The van der Waals surface area contributed by atoms with Crippen molar-refractivity contribution in [2.24, 2.45) is 0 Å². The second-order valence-corrected chi connectivity index (χ2v) is 5.29. The van der Waals surface area contributed by atoms with Crippen LogP contribution in [-0.4, -0.2) is 34.3 Å². The highest BCUT2D eigenvalue weighted by molar-refractivity contribution is 5.57. The molecule has 1 aromatic rings. The van der Waals surface area contributed by atoms with E-state index < -0.39 is 5.60 Å². The molecule has 1 aromatic heterocycles. The van der Waals surface area contributed by atoms with Crippen LogP contribution in [0.1, 0.15) is 44.6 Å². The quantitative estimate of drug-likeness (QED) is 0.760. The van der Waals surface area contributed by atoms with Gasteiger partial charge in [0.1, 0.15) is 18.0 Å². The number of rotatable bonds is 5. The smallest absolute Gasteiger partial charge is 0.134 e. The fourth-order valence-corrected chi connectivity index (χ4v) is 2.75. The van der Waals surface area contributed by atoms with E-state index in [2.05, 4.69) is 27.5 Å². The van der Waals surface area contributed by atoms with Gasteiger partial charge in [-0.3, -0.25) is 0 Å². The van der Waals surface area contributed by atoms with Crippen molar-refractivity contribution in [2.45, 2.75) is 51.0 Å². The molecular formula is C14H24N4O. The number of nitrogens with one attached hydrogen (secondary N) is 2. The van der Waals surface area contributed by atoms with Gasteiger partial charge in [-0.25, -0.2) is 9.97 Å². The molecule has 1 aliphatic carbocycles. The average Bonchev–Trinajstić information content (AvgIpc) is 2.45. The number of aromatic nitrogens is 2. The number of hydrogen-bond donors (Lipinski definition) is 3. The van der Waals surface area contributed by atoms with Crippen LogP contribution in [0.3, 0.4) is 0 Å². The van der Waals surface area contributed by atoms with Crippen LogP contribution in [0.15, 0.2) is 6.33 Å². The lowest BCUT2D eigenvalue weighted by Gasteiger charge is -2.32. The van der Waals surface area contributed by atoms with Gasteiger partial charge in [-0.1, -0.05) is 26.2 Å². The Hall–Kier alpha value is -1.36. The third kappa shape index (κ3) is 3.35. The van der Waals surface area contributed by atoms with Gasteiger partial charge in [-0.05, 0) is 19.3 Å². The Morgan fingerprint density at radius 2 is 1.89 bits per heavy atom. The van der Waals surface area contributed by atoms with Crippen LogP contribution in [0, 0.1) is 0 Å².